The van der Waals surface area contributed by atoms with Crippen molar-refractivity contribution < 1.29 is 4.39 Å². The normalized spacial score (nSPS) is 10.3. The monoisotopic (exact) mass is 326 g/mol. The van der Waals surface area contributed by atoms with Gasteiger partial charge >= 0.3 is 0 Å². The summed E-state index contributed by atoms with van der Waals surface area (Å²) in [6.45, 7) is 0.721. The van der Waals surface area contributed by atoms with Crippen LogP contribution in [0.3, 0.4) is 0 Å². The first kappa shape index (κ1) is 15.2. The summed E-state index contributed by atoms with van der Waals surface area (Å²) in [7, 11) is 0. The van der Waals surface area contributed by atoms with Gasteiger partial charge in [0, 0.05) is 23.8 Å². The van der Waals surface area contributed by atoms with Crippen LogP contribution in [0.1, 0.15) is 5.56 Å². The summed E-state index contributed by atoms with van der Waals surface area (Å²) in [5.41, 5.74) is 2.61. The minimum absolute atomic E-state index is 0.305. The van der Waals surface area contributed by atoms with Crippen LogP contribution in [-0.2, 0) is 6.54 Å². The van der Waals surface area contributed by atoms with E-state index in [2.05, 4.69) is 15.7 Å². The Morgan fingerprint density at radius 1 is 1.04 bits per heavy atom. The summed E-state index contributed by atoms with van der Waals surface area (Å²) in [5.74, 6) is -0.305. The summed E-state index contributed by atoms with van der Waals surface area (Å²) in [4.78, 5) is 0. The van der Waals surface area contributed by atoms with E-state index in [1.54, 1.807) is 18.3 Å². The van der Waals surface area contributed by atoms with E-state index < -0.39 is 0 Å². The molecule has 0 saturated heterocycles. The predicted molar refractivity (Wildman–Crippen MR) is 94.0 cm³/mol. The molecule has 0 spiro atoms. The number of rotatable bonds is 4. The summed E-state index contributed by atoms with van der Waals surface area (Å²) >= 11 is 5.23. The molecule has 3 aromatic rings. The molecule has 3 rings (SSSR count). The van der Waals surface area contributed by atoms with Crippen LogP contribution in [0.15, 0.2) is 67.0 Å². The molecule has 0 unspecified atom stereocenters. The van der Waals surface area contributed by atoms with Gasteiger partial charge in [0.2, 0.25) is 0 Å². The summed E-state index contributed by atoms with van der Waals surface area (Å²) < 4.78 is 15.0. The van der Waals surface area contributed by atoms with Gasteiger partial charge in [-0.15, -0.1) is 0 Å². The molecule has 0 atom stereocenters. The van der Waals surface area contributed by atoms with Crippen LogP contribution in [0.5, 0.6) is 0 Å². The molecule has 2 N–H and O–H groups in total. The molecule has 4 nitrogen and oxygen atoms in total. The molecule has 0 aliphatic rings. The molecule has 0 aliphatic heterocycles. The van der Waals surface area contributed by atoms with Gasteiger partial charge in [-0.25, -0.2) is 4.39 Å². The van der Waals surface area contributed by atoms with Gasteiger partial charge in [-0.05, 0) is 54.2 Å². The van der Waals surface area contributed by atoms with Crippen LogP contribution in [0.2, 0.25) is 0 Å². The molecular weight excluding hydrogens is 311 g/mol. The van der Waals surface area contributed by atoms with Crippen molar-refractivity contribution in [2.75, 3.05) is 10.6 Å². The highest BCUT2D eigenvalue weighted by Crippen LogP contribution is 2.13. The third-order valence-corrected chi connectivity index (χ3v) is 3.40. The maximum Gasteiger partial charge on any atom is 0.175 e. The lowest BCUT2D eigenvalue weighted by atomic mass is 10.2. The fraction of sp³-hybridized carbons (Fsp3) is 0.0588. The van der Waals surface area contributed by atoms with E-state index in [4.69, 9.17) is 12.2 Å². The van der Waals surface area contributed by atoms with E-state index in [9.17, 15) is 4.39 Å². The fourth-order valence-electron chi connectivity index (χ4n) is 2.13. The second-order valence-electron chi connectivity index (χ2n) is 4.99. The van der Waals surface area contributed by atoms with E-state index >= 15 is 0 Å². The Morgan fingerprint density at radius 2 is 1.83 bits per heavy atom. The molecule has 0 bridgehead atoms. The highest BCUT2D eigenvalue weighted by molar-refractivity contribution is 7.80. The lowest BCUT2D eigenvalue weighted by Gasteiger charge is -2.11. The van der Waals surface area contributed by atoms with Gasteiger partial charge in [0.25, 0.3) is 0 Å². The lowest BCUT2D eigenvalue weighted by Crippen LogP contribution is -2.19. The summed E-state index contributed by atoms with van der Waals surface area (Å²) in [6.07, 6.45) is 3.68. The van der Waals surface area contributed by atoms with E-state index in [0.29, 0.717) is 10.8 Å². The quantitative estimate of drug-likeness (QED) is 0.714. The molecule has 2 aromatic carbocycles. The van der Waals surface area contributed by atoms with Crippen molar-refractivity contribution in [1.29, 1.82) is 0 Å². The van der Waals surface area contributed by atoms with Gasteiger partial charge in [-0.2, -0.15) is 5.10 Å². The molecular formula is C17H15FN4S. The number of halogens is 1. The van der Waals surface area contributed by atoms with Crippen molar-refractivity contribution >= 4 is 28.7 Å². The van der Waals surface area contributed by atoms with E-state index in [0.717, 1.165) is 17.8 Å². The number of nitrogens with one attached hydrogen (secondary N) is 2. The van der Waals surface area contributed by atoms with Crippen LogP contribution < -0.4 is 10.6 Å². The average Bonchev–Trinajstić information content (AvgIpc) is 3.02. The first-order valence-electron chi connectivity index (χ1n) is 7.09. The van der Waals surface area contributed by atoms with Crippen molar-refractivity contribution in [3.05, 3.63) is 78.4 Å². The third kappa shape index (κ3) is 4.37. The van der Waals surface area contributed by atoms with Crippen molar-refractivity contribution in [3.8, 4) is 0 Å². The van der Waals surface area contributed by atoms with Crippen LogP contribution in [-0.4, -0.2) is 14.9 Å². The number of benzene rings is 2. The summed E-state index contributed by atoms with van der Waals surface area (Å²) in [5, 5.41) is 10.6. The van der Waals surface area contributed by atoms with Crippen molar-refractivity contribution in [2.24, 2.45) is 0 Å². The van der Waals surface area contributed by atoms with Gasteiger partial charge in [0.05, 0.1) is 6.54 Å². The molecule has 0 amide bonds. The minimum Gasteiger partial charge on any atom is -0.332 e. The van der Waals surface area contributed by atoms with E-state index in [-0.39, 0.29) is 5.82 Å². The van der Waals surface area contributed by atoms with Crippen molar-refractivity contribution in [3.63, 3.8) is 0 Å². The SMILES string of the molecule is Fc1cccc(NC(=S)Nc2ccc(Cn3cccn3)cc2)c1. The zero-order valence-corrected chi connectivity index (χ0v) is 13.1. The Balaban J connectivity index is 1.58. The first-order chi connectivity index (χ1) is 11.2. The number of anilines is 2. The maximum absolute atomic E-state index is 13.1. The molecule has 6 heteroatoms. The molecule has 23 heavy (non-hydrogen) atoms. The number of nitrogens with zero attached hydrogens (tertiary/aromatic N) is 2. The lowest BCUT2D eigenvalue weighted by molar-refractivity contribution is 0.628. The molecule has 1 heterocycles. The predicted octanol–water partition coefficient (Wildman–Crippen LogP) is 3.88. The molecule has 1 aromatic heterocycles. The van der Waals surface area contributed by atoms with Gasteiger partial charge in [0.1, 0.15) is 5.82 Å². The minimum atomic E-state index is -0.305. The Hall–Kier alpha value is -2.73. The Bertz CT molecular complexity index is 785. The van der Waals surface area contributed by atoms with Crippen molar-refractivity contribution in [2.45, 2.75) is 6.54 Å². The van der Waals surface area contributed by atoms with Gasteiger partial charge in [-0.1, -0.05) is 18.2 Å². The van der Waals surface area contributed by atoms with E-state index in [1.807, 2.05) is 41.2 Å². The molecule has 0 saturated carbocycles. The van der Waals surface area contributed by atoms with E-state index in [1.165, 1.54) is 12.1 Å². The van der Waals surface area contributed by atoms with Crippen molar-refractivity contribution in [1.82, 2.24) is 9.78 Å². The number of hydrogen-bond acceptors (Lipinski definition) is 2. The number of thiocarbonyl (C=S) groups is 1. The smallest absolute Gasteiger partial charge is 0.175 e. The average molecular weight is 326 g/mol. The largest absolute Gasteiger partial charge is 0.332 e. The van der Waals surface area contributed by atoms with Crippen LogP contribution >= 0.6 is 12.2 Å². The highest BCUT2D eigenvalue weighted by atomic mass is 32.1. The van der Waals surface area contributed by atoms with Gasteiger partial charge in [-0.3, -0.25) is 4.68 Å². The Labute approximate surface area is 139 Å². The van der Waals surface area contributed by atoms with Gasteiger partial charge in [0.15, 0.2) is 5.11 Å². The maximum atomic E-state index is 13.1. The van der Waals surface area contributed by atoms with Crippen LogP contribution in [0, 0.1) is 5.82 Å². The Kier molecular flexibility index (Phi) is 4.63. The molecule has 0 aliphatic carbocycles. The highest BCUT2D eigenvalue weighted by Gasteiger charge is 2.01. The topological polar surface area (TPSA) is 41.9 Å². The second kappa shape index (κ2) is 7.02. The molecule has 0 radical (unpaired) electrons. The zero-order valence-electron chi connectivity index (χ0n) is 12.2. The van der Waals surface area contributed by atoms with Gasteiger partial charge < -0.3 is 10.6 Å². The fourth-order valence-corrected chi connectivity index (χ4v) is 2.37. The van der Waals surface area contributed by atoms with Crippen LogP contribution in [0.25, 0.3) is 0 Å². The first-order valence-corrected chi connectivity index (χ1v) is 7.50. The summed E-state index contributed by atoms with van der Waals surface area (Å²) in [6, 6.07) is 16.0. The number of aromatic nitrogens is 2. The molecule has 0 fully saturated rings. The third-order valence-electron chi connectivity index (χ3n) is 3.20. The number of hydrogen-bond donors (Lipinski definition) is 2. The van der Waals surface area contributed by atoms with Crippen LogP contribution in [0.4, 0.5) is 15.8 Å². The molecule has 116 valence electrons. The Morgan fingerprint density at radius 3 is 2.52 bits per heavy atom. The standard InChI is InChI=1S/C17H15FN4S/c18-14-3-1-4-16(11-14)21-17(23)20-15-7-5-13(6-8-15)12-22-10-2-9-19-22/h1-11H,12H2,(H2,20,21,23). The zero-order chi connectivity index (χ0) is 16.1. The second-order valence-corrected chi connectivity index (χ2v) is 5.40.